The lowest BCUT2D eigenvalue weighted by atomic mass is 10.2. The molecule has 0 aliphatic heterocycles. The van der Waals surface area contributed by atoms with Crippen molar-refractivity contribution in [1.82, 2.24) is 0 Å². The molecule has 0 spiro atoms. The third-order valence-electron chi connectivity index (χ3n) is 2.73. The summed E-state index contributed by atoms with van der Waals surface area (Å²) >= 11 is 6.77. The molecule has 0 unspecified atom stereocenters. The largest absolute Gasteiger partial charge is 0.497 e. The van der Waals surface area contributed by atoms with Crippen LogP contribution in [-0.4, -0.2) is 13.0 Å². The van der Waals surface area contributed by atoms with Gasteiger partial charge in [-0.15, -0.1) is 0 Å². The molecule has 0 fully saturated rings. The van der Waals surface area contributed by atoms with E-state index in [1.807, 2.05) is 42.5 Å². The highest BCUT2D eigenvalue weighted by molar-refractivity contribution is 9.11. The molecule has 2 aromatic rings. The molecule has 0 saturated heterocycles. The lowest BCUT2D eigenvalue weighted by molar-refractivity contribution is -0.111. The Labute approximate surface area is 140 Å². The summed E-state index contributed by atoms with van der Waals surface area (Å²) in [7, 11) is 1.62. The van der Waals surface area contributed by atoms with Gasteiger partial charge in [0.15, 0.2) is 0 Å². The number of halogens is 2. The number of hydrogen-bond acceptors (Lipinski definition) is 2. The van der Waals surface area contributed by atoms with E-state index in [0.29, 0.717) is 0 Å². The fourth-order valence-corrected chi connectivity index (χ4v) is 2.80. The first-order valence-electron chi connectivity index (χ1n) is 6.16. The molecule has 0 heterocycles. The summed E-state index contributed by atoms with van der Waals surface area (Å²) in [5.74, 6) is 0.601. The second-order valence-electron chi connectivity index (χ2n) is 4.22. The van der Waals surface area contributed by atoms with Crippen molar-refractivity contribution in [3.63, 3.8) is 0 Å². The Morgan fingerprint density at radius 3 is 2.48 bits per heavy atom. The molecular formula is C16H13Br2NO2. The molecule has 0 bridgehead atoms. The number of ether oxygens (including phenoxy) is 1. The summed E-state index contributed by atoms with van der Waals surface area (Å²) in [6.45, 7) is 0. The van der Waals surface area contributed by atoms with Crippen molar-refractivity contribution in [1.29, 1.82) is 0 Å². The lowest BCUT2D eigenvalue weighted by Gasteiger charge is -2.05. The normalized spacial score (nSPS) is 10.6. The van der Waals surface area contributed by atoms with Gasteiger partial charge in [0, 0.05) is 15.0 Å². The number of benzene rings is 2. The van der Waals surface area contributed by atoms with E-state index < -0.39 is 0 Å². The van der Waals surface area contributed by atoms with Crippen LogP contribution >= 0.6 is 31.9 Å². The summed E-state index contributed by atoms with van der Waals surface area (Å²) in [5.41, 5.74) is 1.66. The zero-order valence-corrected chi connectivity index (χ0v) is 14.4. The molecule has 2 rings (SSSR count). The number of amides is 1. The van der Waals surface area contributed by atoms with Crippen LogP contribution in [0.4, 0.5) is 5.69 Å². The Morgan fingerprint density at radius 2 is 1.86 bits per heavy atom. The molecule has 0 radical (unpaired) electrons. The van der Waals surface area contributed by atoms with Gasteiger partial charge in [0.2, 0.25) is 5.91 Å². The van der Waals surface area contributed by atoms with Gasteiger partial charge in [-0.05, 0) is 57.9 Å². The minimum absolute atomic E-state index is 0.186. The van der Waals surface area contributed by atoms with Gasteiger partial charge < -0.3 is 10.1 Å². The smallest absolute Gasteiger partial charge is 0.248 e. The van der Waals surface area contributed by atoms with Gasteiger partial charge in [-0.25, -0.2) is 0 Å². The fraction of sp³-hybridized carbons (Fsp3) is 0.0625. The van der Waals surface area contributed by atoms with E-state index in [4.69, 9.17) is 4.74 Å². The Morgan fingerprint density at radius 1 is 1.14 bits per heavy atom. The van der Waals surface area contributed by atoms with Crippen molar-refractivity contribution >= 4 is 49.5 Å². The van der Waals surface area contributed by atoms with Crippen LogP contribution in [0.15, 0.2) is 57.5 Å². The maximum atomic E-state index is 11.9. The summed E-state index contributed by atoms with van der Waals surface area (Å²) in [6.07, 6.45) is 3.25. The van der Waals surface area contributed by atoms with Crippen molar-refractivity contribution in [2.75, 3.05) is 12.4 Å². The third kappa shape index (κ3) is 4.72. The van der Waals surface area contributed by atoms with E-state index in [2.05, 4.69) is 37.2 Å². The number of anilines is 1. The standard InChI is InChI=1S/C16H13Br2NO2/c1-21-13-6-2-11(3-7-13)4-9-16(20)19-15-8-5-12(17)10-14(15)18/h2-10H,1H3,(H,19,20). The number of carbonyl (C=O) groups is 1. The van der Waals surface area contributed by atoms with Crippen molar-refractivity contribution < 1.29 is 9.53 Å². The van der Waals surface area contributed by atoms with Gasteiger partial charge in [0.25, 0.3) is 0 Å². The van der Waals surface area contributed by atoms with Gasteiger partial charge in [-0.3, -0.25) is 4.79 Å². The van der Waals surface area contributed by atoms with Gasteiger partial charge >= 0.3 is 0 Å². The van der Waals surface area contributed by atoms with Crippen LogP contribution in [0.3, 0.4) is 0 Å². The van der Waals surface area contributed by atoms with Crippen molar-refractivity contribution in [3.05, 3.63) is 63.0 Å². The summed E-state index contributed by atoms with van der Waals surface area (Å²) in [4.78, 5) is 11.9. The molecule has 108 valence electrons. The lowest BCUT2D eigenvalue weighted by Crippen LogP contribution is -2.08. The van der Waals surface area contributed by atoms with Crippen LogP contribution in [0, 0.1) is 0 Å². The second-order valence-corrected chi connectivity index (χ2v) is 5.99. The van der Waals surface area contributed by atoms with E-state index in [1.165, 1.54) is 6.08 Å². The second kappa shape index (κ2) is 7.43. The zero-order chi connectivity index (χ0) is 15.2. The molecule has 3 nitrogen and oxygen atoms in total. The predicted octanol–water partition coefficient (Wildman–Crippen LogP) is 4.87. The minimum Gasteiger partial charge on any atom is -0.497 e. The van der Waals surface area contributed by atoms with Crippen LogP contribution in [0.25, 0.3) is 6.08 Å². The molecule has 0 saturated carbocycles. The first-order valence-corrected chi connectivity index (χ1v) is 7.75. The quantitative estimate of drug-likeness (QED) is 0.730. The molecule has 1 amide bonds. The van der Waals surface area contributed by atoms with E-state index in [9.17, 15) is 4.79 Å². The van der Waals surface area contributed by atoms with E-state index in [1.54, 1.807) is 13.2 Å². The first-order chi connectivity index (χ1) is 10.1. The number of carbonyl (C=O) groups excluding carboxylic acids is 1. The predicted molar refractivity (Wildman–Crippen MR) is 92.5 cm³/mol. The average Bonchev–Trinajstić information content (AvgIpc) is 2.48. The molecule has 0 aliphatic rings. The van der Waals surface area contributed by atoms with Gasteiger partial charge in [0.05, 0.1) is 12.8 Å². The molecule has 0 aromatic heterocycles. The zero-order valence-electron chi connectivity index (χ0n) is 11.3. The Bertz CT molecular complexity index is 666. The first kappa shape index (κ1) is 15.8. The highest BCUT2D eigenvalue weighted by Crippen LogP contribution is 2.26. The van der Waals surface area contributed by atoms with Gasteiger partial charge in [0.1, 0.15) is 5.75 Å². The van der Waals surface area contributed by atoms with E-state index in [-0.39, 0.29) is 5.91 Å². The molecule has 0 atom stereocenters. The summed E-state index contributed by atoms with van der Waals surface area (Å²) in [6, 6.07) is 13.0. The van der Waals surface area contributed by atoms with Crippen molar-refractivity contribution in [3.8, 4) is 5.75 Å². The van der Waals surface area contributed by atoms with E-state index >= 15 is 0 Å². The van der Waals surface area contributed by atoms with Crippen LogP contribution in [-0.2, 0) is 4.79 Å². The van der Waals surface area contributed by atoms with E-state index in [0.717, 1.165) is 25.9 Å². The Hall–Kier alpha value is -1.59. The maximum absolute atomic E-state index is 11.9. The highest BCUT2D eigenvalue weighted by atomic mass is 79.9. The van der Waals surface area contributed by atoms with Crippen molar-refractivity contribution in [2.24, 2.45) is 0 Å². The Balaban J connectivity index is 2.01. The van der Waals surface area contributed by atoms with Crippen LogP contribution in [0.2, 0.25) is 0 Å². The highest BCUT2D eigenvalue weighted by Gasteiger charge is 2.03. The van der Waals surface area contributed by atoms with Gasteiger partial charge in [-0.2, -0.15) is 0 Å². The Kier molecular flexibility index (Phi) is 5.59. The number of hydrogen-bond donors (Lipinski definition) is 1. The topological polar surface area (TPSA) is 38.3 Å². The fourth-order valence-electron chi connectivity index (χ4n) is 1.65. The van der Waals surface area contributed by atoms with Crippen LogP contribution in [0.1, 0.15) is 5.56 Å². The van der Waals surface area contributed by atoms with Crippen molar-refractivity contribution in [2.45, 2.75) is 0 Å². The minimum atomic E-state index is -0.186. The average molecular weight is 411 g/mol. The maximum Gasteiger partial charge on any atom is 0.248 e. The third-order valence-corrected chi connectivity index (χ3v) is 3.88. The number of rotatable bonds is 4. The molecule has 21 heavy (non-hydrogen) atoms. The number of nitrogens with one attached hydrogen (secondary N) is 1. The molecule has 2 aromatic carbocycles. The monoisotopic (exact) mass is 409 g/mol. The summed E-state index contributed by atoms with van der Waals surface area (Å²) < 4.78 is 6.85. The SMILES string of the molecule is COc1ccc(C=CC(=O)Nc2ccc(Br)cc2Br)cc1. The molecular weight excluding hydrogens is 398 g/mol. The summed E-state index contributed by atoms with van der Waals surface area (Å²) in [5, 5.41) is 2.81. The van der Waals surface area contributed by atoms with Gasteiger partial charge in [-0.1, -0.05) is 28.1 Å². The molecule has 0 aliphatic carbocycles. The van der Waals surface area contributed by atoms with Crippen LogP contribution < -0.4 is 10.1 Å². The molecule has 5 heteroatoms. The number of methoxy groups -OCH3 is 1. The van der Waals surface area contributed by atoms with Crippen LogP contribution in [0.5, 0.6) is 5.75 Å². The molecule has 1 N–H and O–H groups in total.